The fourth-order valence-corrected chi connectivity index (χ4v) is 2.67. The zero-order chi connectivity index (χ0) is 19.6. The first-order chi connectivity index (χ1) is 13.7. The van der Waals surface area contributed by atoms with Crippen molar-refractivity contribution in [2.75, 3.05) is 18.4 Å². The SMILES string of the molecule is O=C(CCNCCc1ccc(F)cc1)Nc1ccc(Oc2ccccc2)cc1. The molecule has 5 heteroatoms. The van der Waals surface area contributed by atoms with E-state index in [0.717, 1.165) is 30.0 Å². The van der Waals surface area contributed by atoms with Crippen molar-refractivity contribution in [3.05, 3.63) is 90.2 Å². The highest BCUT2D eigenvalue weighted by atomic mass is 19.1. The predicted octanol–water partition coefficient (Wildman–Crippen LogP) is 4.78. The van der Waals surface area contributed by atoms with Gasteiger partial charge in [-0.1, -0.05) is 30.3 Å². The van der Waals surface area contributed by atoms with Crippen LogP contribution in [0, 0.1) is 5.82 Å². The minimum absolute atomic E-state index is 0.0500. The van der Waals surface area contributed by atoms with Gasteiger partial charge in [-0.15, -0.1) is 0 Å². The number of ether oxygens (including phenoxy) is 1. The van der Waals surface area contributed by atoms with Gasteiger partial charge in [-0.2, -0.15) is 0 Å². The molecule has 0 unspecified atom stereocenters. The molecule has 0 fully saturated rings. The topological polar surface area (TPSA) is 50.4 Å². The smallest absolute Gasteiger partial charge is 0.225 e. The van der Waals surface area contributed by atoms with Crippen LogP contribution >= 0.6 is 0 Å². The fourth-order valence-electron chi connectivity index (χ4n) is 2.67. The van der Waals surface area contributed by atoms with Crippen LogP contribution in [-0.4, -0.2) is 19.0 Å². The molecule has 3 aromatic rings. The number of hydrogen-bond acceptors (Lipinski definition) is 3. The molecule has 144 valence electrons. The summed E-state index contributed by atoms with van der Waals surface area (Å²) in [6, 6.07) is 23.3. The summed E-state index contributed by atoms with van der Waals surface area (Å²) in [5.41, 5.74) is 1.80. The first kappa shape index (κ1) is 19.6. The molecule has 0 atom stereocenters. The Labute approximate surface area is 164 Å². The standard InChI is InChI=1S/C23H23FN2O2/c24-19-8-6-18(7-9-19)14-16-25-17-15-23(27)26-20-10-12-22(13-11-20)28-21-4-2-1-3-5-21/h1-13,25H,14-17H2,(H,26,27). The zero-order valence-corrected chi connectivity index (χ0v) is 15.5. The maximum absolute atomic E-state index is 12.9. The molecule has 3 rings (SSSR count). The van der Waals surface area contributed by atoms with Gasteiger partial charge in [0.05, 0.1) is 0 Å². The van der Waals surface area contributed by atoms with E-state index in [2.05, 4.69) is 10.6 Å². The number of amides is 1. The first-order valence-corrected chi connectivity index (χ1v) is 9.27. The Hall–Kier alpha value is -3.18. The van der Waals surface area contributed by atoms with Gasteiger partial charge in [0, 0.05) is 18.7 Å². The number of nitrogens with one attached hydrogen (secondary N) is 2. The van der Waals surface area contributed by atoms with Crippen molar-refractivity contribution in [3.63, 3.8) is 0 Å². The number of para-hydroxylation sites is 1. The Bertz CT molecular complexity index is 865. The van der Waals surface area contributed by atoms with E-state index in [-0.39, 0.29) is 11.7 Å². The van der Waals surface area contributed by atoms with Crippen LogP contribution in [0.15, 0.2) is 78.9 Å². The molecule has 0 saturated carbocycles. The molecule has 0 radical (unpaired) electrons. The average molecular weight is 378 g/mol. The lowest BCUT2D eigenvalue weighted by atomic mass is 10.1. The highest BCUT2D eigenvalue weighted by molar-refractivity contribution is 5.90. The van der Waals surface area contributed by atoms with E-state index >= 15 is 0 Å². The molecule has 28 heavy (non-hydrogen) atoms. The summed E-state index contributed by atoms with van der Waals surface area (Å²) in [6.07, 6.45) is 1.18. The molecule has 0 aliphatic heterocycles. The van der Waals surface area contributed by atoms with E-state index in [1.807, 2.05) is 54.6 Å². The van der Waals surface area contributed by atoms with Crippen LogP contribution in [0.25, 0.3) is 0 Å². The summed E-state index contributed by atoms with van der Waals surface area (Å²) >= 11 is 0. The van der Waals surface area contributed by atoms with E-state index < -0.39 is 0 Å². The number of carbonyl (C=O) groups is 1. The molecule has 0 aliphatic rings. The van der Waals surface area contributed by atoms with Gasteiger partial charge in [0.15, 0.2) is 0 Å². The molecule has 2 N–H and O–H groups in total. The van der Waals surface area contributed by atoms with Crippen LogP contribution in [0.3, 0.4) is 0 Å². The van der Waals surface area contributed by atoms with Gasteiger partial charge in [0.1, 0.15) is 17.3 Å². The number of anilines is 1. The van der Waals surface area contributed by atoms with Crippen LogP contribution in [-0.2, 0) is 11.2 Å². The fraction of sp³-hybridized carbons (Fsp3) is 0.174. The van der Waals surface area contributed by atoms with Crippen molar-refractivity contribution >= 4 is 11.6 Å². The third kappa shape index (κ3) is 6.52. The normalized spacial score (nSPS) is 10.5. The van der Waals surface area contributed by atoms with E-state index in [1.54, 1.807) is 12.1 Å². The van der Waals surface area contributed by atoms with Crippen LogP contribution in [0.5, 0.6) is 11.5 Å². The minimum Gasteiger partial charge on any atom is -0.457 e. The molecular formula is C23H23FN2O2. The van der Waals surface area contributed by atoms with Gasteiger partial charge in [-0.3, -0.25) is 4.79 Å². The van der Waals surface area contributed by atoms with Crippen LogP contribution in [0.2, 0.25) is 0 Å². The Morgan fingerprint density at radius 3 is 2.21 bits per heavy atom. The van der Waals surface area contributed by atoms with Gasteiger partial charge in [0.2, 0.25) is 5.91 Å². The lowest BCUT2D eigenvalue weighted by Crippen LogP contribution is -2.23. The van der Waals surface area contributed by atoms with Crippen molar-refractivity contribution in [2.45, 2.75) is 12.8 Å². The lowest BCUT2D eigenvalue weighted by Gasteiger charge is -2.09. The number of halogens is 1. The minimum atomic E-state index is -0.229. The lowest BCUT2D eigenvalue weighted by molar-refractivity contribution is -0.116. The maximum Gasteiger partial charge on any atom is 0.225 e. The Morgan fingerprint density at radius 2 is 1.50 bits per heavy atom. The zero-order valence-electron chi connectivity index (χ0n) is 15.5. The van der Waals surface area contributed by atoms with Crippen LogP contribution in [0.4, 0.5) is 10.1 Å². The summed E-state index contributed by atoms with van der Waals surface area (Å²) in [5, 5.41) is 6.10. The van der Waals surface area contributed by atoms with E-state index in [9.17, 15) is 9.18 Å². The quantitative estimate of drug-likeness (QED) is 0.527. The van der Waals surface area contributed by atoms with Gasteiger partial charge in [-0.05, 0) is 67.1 Å². The monoisotopic (exact) mass is 378 g/mol. The molecule has 0 bridgehead atoms. The molecule has 0 aliphatic carbocycles. The highest BCUT2D eigenvalue weighted by Crippen LogP contribution is 2.22. The van der Waals surface area contributed by atoms with Crippen molar-refractivity contribution in [1.82, 2.24) is 5.32 Å². The Morgan fingerprint density at radius 1 is 0.821 bits per heavy atom. The van der Waals surface area contributed by atoms with Crippen molar-refractivity contribution in [3.8, 4) is 11.5 Å². The molecule has 1 amide bonds. The molecular weight excluding hydrogens is 355 g/mol. The summed E-state index contributed by atoms with van der Waals surface area (Å²) in [6.45, 7) is 1.33. The van der Waals surface area contributed by atoms with Gasteiger partial charge >= 0.3 is 0 Å². The van der Waals surface area contributed by atoms with Crippen molar-refractivity contribution < 1.29 is 13.9 Å². The van der Waals surface area contributed by atoms with Crippen LogP contribution < -0.4 is 15.4 Å². The summed E-state index contributed by atoms with van der Waals surface area (Å²) in [4.78, 5) is 12.0. The number of benzene rings is 3. The van der Waals surface area contributed by atoms with Crippen LogP contribution in [0.1, 0.15) is 12.0 Å². The maximum atomic E-state index is 12.9. The third-order valence-corrected chi connectivity index (χ3v) is 4.15. The second-order valence-corrected chi connectivity index (χ2v) is 6.36. The molecule has 0 saturated heterocycles. The Kier molecular flexibility index (Phi) is 7.15. The summed E-state index contributed by atoms with van der Waals surface area (Å²) < 4.78 is 18.6. The van der Waals surface area contributed by atoms with E-state index in [0.29, 0.717) is 18.7 Å². The predicted molar refractivity (Wildman–Crippen MR) is 109 cm³/mol. The second-order valence-electron chi connectivity index (χ2n) is 6.36. The van der Waals surface area contributed by atoms with E-state index in [4.69, 9.17) is 4.74 Å². The Balaban J connectivity index is 1.34. The largest absolute Gasteiger partial charge is 0.457 e. The van der Waals surface area contributed by atoms with E-state index in [1.165, 1.54) is 12.1 Å². The van der Waals surface area contributed by atoms with Gasteiger partial charge in [0.25, 0.3) is 0 Å². The molecule has 0 spiro atoms. The second kappa shape index (κ2) is 10.2. The number of rotatable bonds is 9. The first-order valence-electron chi connectivity index (χ1n) is 9.27. The van der Waals surface area contributed by atoms with Crippen molar-refractivity contribution in [2.24, 2.45) is 0 Å². The van der Waals surface area contributed by atoms with Gasteiger partial charge in [-0.25, -0.2) is 4.39 Å². The molecule has 0 heterocycles. The highest BCUT2D eigenvalue weighted by Gasteiger charge is 2.03. The summed E-state index contributed by atoms with van der Waals surface area (Å²) in [5.74, 6) is 1.21. The number of carbonyl (C=O) groups excluding carboxylic acids is 1. The molecule has 3 aromatic carbocycles. The number of hydrogen-bond donors (Lipinski definition) is 2. The third-order valence-electron chi connectivity index (χ3n) is 4.15. The molecule has 0 aromatic heterocycles. The molecule has 4 nitrogen and oxygen atoms in total. The van der Waals surface area contributed by atoms with Crippen molar-refractivity contribution in [1.29, 1.82) is 0 Å². The summed E-state index contributed by atoms with van der Waals surface area (Å²) in [7, 11) is 0. The van der Waals surface area contributed by atoms with Gasteiger partial charge < -0.3 is 15.4 Å². The average Bonchev–Trinajstić information content (AvgIpc) is 2.71.